The molecule has 1 saturated heterocycles. The monoisotopic (exact) mass is 226 g/mol. The normalized spacial score (nSPS) is 21.6. The third-order valence-corrected chi connectivity index (χ3v) is 3.72. The molecule has 0 aliphatic carbocycles. The number of nitrogens with zero attached hydrogens (tertiary/aromatic N) is 1. The Labute approximate surface area is 102 Å². The Morgan fingerprint density at radius 3 is 2.50 bits per heavy atom. The van der Waals surface area contributed by atoms with Crippen molar-refractivity contribution in [3.05, 3.63) is 0 Å². The van der Waals surface area contributed by atoms with Crippen LogP contribution in [0.15, 0.2) is 0 Å². The molecular weight excluding hydrogens is 196 g/mol. The van der Waals surface area contributed by atoms with Gasteiger partial charge in [-0.3, -0.25) is 4.90 Å². The molecule has 0 spiro atoms. The molecule has 0 aromatic carbocycles. The van der Waals surface area contributed by atoms with E-state index in [-0.39, 0.29) is 0 Å². The van der Waals surface area contributed by atoms with Crippen LogP contribution in [0.1, 0.15) is 53.9 Å². The largest absolute Gasteiger partial charge is 0.316 e. The van der Waals surface area contributed by atoms with E-state index in [1.54, 1.807) is 0 Å². The zero-order chi connectivity index (χ0) is 12.2. The van der Waals surface area contributed by atoms with Gasteiger partial charge in [0.25, 0.3) is 0 Å². The second-order valence-electron chi connectivity index (χ2n) is 6.68. The first-order valence-electron chi connectivity index (χ1n) is 6.83. The van der Waals surface area contributed by atoms with Gasteiger partial charge in [-0.2, -0.15) is 0 Å². The highest BCUT2D eigenvalue weighted by molar-refractivity contribution is 4.91. The zero-order valence-corrected chi connectivity index (χ0v) is 11.9. The van der Waals surface area contributed by atoms with E-state index in [2.05, 4.69) is 44.8 Å². The minimum atomic E-state index is 0.386. The summed E-state index contributed by atoms with van der Waals surface area (Å²) in [4.78, 5) is 2.67. The molecule has 2 heteroatoms. The van der Waals surface area contributed by atoms with Gasteiger partial charge in [0.2, 0.25) is 0 Å². The molecule has 1 aliphatic heterocycles. The fraction of sp³-hybridized carbons (Fsp3) is 1.00. The molecule has 0 aromatic heterocycles. The second kappa shape index (κ2) is 5.50. The third kappa shape index (κ3) is 4.06. The second-order valence-corrected chi connectivity index (χ2v) is 6.68. The summed E-state index contributed by atoms with van der Waals surface area (Å²) in [6.45, 7) is 16.5. The summed E-state index contributed by atoms with van der Waals surface area (Å²) < 4.78 is 0. The maximum Gasteiger partial charge on any atom is 0.0153 e. The predicted octanol–water partition coefficient (Wildman–Crippen LogP) is 2.89. The number of likely N-dealkylation sites (tertiary alicyclic amines) is 1. The minimum Gasteiger partial charge on any atom is -0.316 e. The summed E-state index contributed by atoms with van der Waals surface area (Å²) in [6, 6.07) is 0. The van der Waals surface area contributed by atoms with E-state index in [0.717, 1.165) is 13.1 Å². The average molecular weight is 226 g/mol. The van der Waals surface area contributed by atoms with Crippen LogP contribution in [0.4, 0.5) is 0 Å². The van der Waals surface area contributed by atoms with Crippen molar-refractivity contribution in [1.82, 2.24) is 10.2 Å². The minimum absolute atomic E-state index is 0.386. The smallest absolute Gasteiger partial charge is 0.0153 e. The van der Waals surface area contributed by atoms with E-state index in [0.29, 0.717) is 11.0 Å². The molecule has 0 atom stereocenters. The van der Waals surface area contributed by atoms with E-state index < -0.39 is 0 Å². The Balaban J connectivity index is 2.39. The molecule has 0 saturated carbocycles. The van der Waals surface area contributed by atoms with Gasteiger partial charge in [-0.15, -0.1) is 0 Å². The van der Waals surface area contributed by atoms with Gasteiger partial charge in [0.1, 0.15) is 0 Å². The van der Waals surface area contributed by atoms with Crippen LogP contribution in [-0.4, -0.2) is 36.6 Å². The van der Waals surface area contributed by atoms with Gasteiger partial charge in [-0.1, -0.05) is 20.8 Å². The van der Waals surface area contributed by atoms with Gasteiger partial charge in [-0.05, 0) is 51.6 Å². The van der Waals surface area contributed by atoms with Gasteiger partial charge in [0.15, 0.2) is 0 Å². The third-order valence-electron chi connectivity index (χ3n) is 3.72. The molecule has 96 valence electrons. The maximum absolute atomic E-state index is 3.55. The highest BCUT2D eigenvalue weighted by atomic mass is 15.2. The van der Waals surface area contributed by atoms with Crippen LogP contribution < -0.4 is 5.32 Å². The number of nitrogens with one attached hydrogen (secondary N) is 1. The number of rotatable bonds is 6. The summed E-state index contributed by atoms with van der Waals surface area (Å²) in [6.07, 6.45) is 3.95. The zero-order valence-electron chi connectivity index (χ0n) is 11.9. The summed E-state index contributed by atoms with van der Waals surface area (Å²) >= 11 is 0. The van der Waals surface area contributed by atoms with Crippen LogP contribution in [-0.2, 0) is 0 Å². The van der Waals surface area contributed by atoms with Crippen molar-refractivity contribution >= 4 is 0 Å². The average Bonchev–Trinajstić information content (AvgIpc) is 2.45. The molecule has 16 heavy (non-hydrogen) atoms. The molecule has 0 radical (unpaired) electrons. The quantitative estimate of drug-likeness (QED) is 0.701. The summed E-state index contributed by atoms with van der Waals surface area (Å²) in [5.41, 5.74) is 0.804. The Morgan fingerprint density at radius 2 is 2.00 bits per heavy atom. The molecule has 0 amide bonds. The van der Waals surface area contributed by atoms with Crippen LogP contribution in [0.3, 0.4) is 0 Å². The summed E-state index contributed by atoms with van der Waals surface area (Å²) in [7, 11) is 0. The SMILES string of the molecule is CCCNCC(C)(C)CN1CCCC1(C)C. The van der Waals surface area contributed by atoms with Gasteiger partial charge in [0, 0.05) is 18.6 Å². The van der Waals surface area contributed by atoms with Crippen molar-refractivity contribution in [2.24, 2.45) is 5.41 Å². The van der Waals surface area contributed by atoms with E-state index in [9.17, 15) is 0 Å². The van der Waals surface area contributed by atoms with Crippen LogP contribution in [0, 0.1) is 5.41 Å². The molecule has 0 unspecified atom stereocenters. The van der Waals surface area contributed by atoms with Gasteiger partial charge >= 0.3 is 0 Å². The van der Waals surface area contributed by atoms with E-state index in [1.165, 1.54) is 32.4 Å². The summed E-state index contributed by atoms with van der Waals surface area (Å²) in [5.74, 6) is 0. The topological polar surface area (TPSA) is 15.3 Å². The van der Waals surface area contributed by atoms with Crippen LogP contribution in [0.25, 0.3) is 0 Å². The Bertz CT molecular complexity index is 209. The lowest BCUT2D eigenvalue weighted by molar-refractivity contribution is 0.113. The standard InChI is InChI=1S/C14H30N2/c1-6-9-15-11-13(2,3)12-16-10-7-8-14(16,4)5/h15H,6-12H2,1-5H3. The highest BCUT2D eigenvalue weighted by Crippen LogP contribution is 2.31. The van der Waals surface area contributed by atoms with E-state index >= 15 is 0 Å². The molecule has 1 heterocycles. The molecule has 1 rings (SSSR count). The van der Waals surface area contributed by atoms with Crippen molar-refractivity contribution in [3.8, 4) is 0 Å². The lowest BCUT2D eigenvalue weighted by Crippen LogP contribution is -2.46. The highest BCUT2D eigenvalue weighted by Gasteiger charge is 2.35. The van der Waals surface area contributed by atoms with Crippen LogP contribution in [0.2, 0.25) is 0 Å². The lowest BCUT2D eigenvalue weighted by atomic mass is 9.90. The fourth-order valence-electron chi connectivity index (χ4n) is 2.63. The molecule has 0 aromatic rings. The molecule has 1 N–H and O–H groups in total. The predicted molar refractivity (Wildman–Crippen MR) is 71.8 cm³/mol. The first kappa shape index (κ1) is 14.0. The van der Waals surface area contributed by atoms with E-state index in [1.807, 2.05) is 0 Å². The van der Waals surface area contributed by atoms with Crippen molar-refractivity contribution in [3.63, 3.8) is 0 Å². The lowest BCUT2D eigenvalue weighted by Gasteiger charge is -2.38. The molecule has 0 bridgehead atoms. The van der Waals surface area contributed by atoms with Crippen molar-refractivity contribution in [1.29, 1.82) is 0 Å². The van der Waals surface area contributed by atoms with Crippen molar-refractivity contribution in [2.75, 3.05) is 26.2 Å². The number of hydrogen-bond donors (Lipinski definition) is 1. The first-order valence-corrected chi connectivity index (χ1v) is 6.83. The van der Waals surface area contributed by atoms with Gasteiger partial charge < -0.3 is 5.32 Å². The Hall–Kier alpha value is -0.0800. The maximum atomic E-state index is 3.55. The molecule has 1 aliphatic rings. The van der Waals surface area contributed by atoms with Crippen LogP contribution >= 0.6 is 0 Å². The Kier molecular flexibility index (Phi) is 4.81. The van der Waals surface area contributed by atoms with E-state index in [4.69, 9.17) is 0 Å². The van der Waals surface area contributed by atoms with Crippen molar-refractivity contribution in [2.45, 2.75) is 59.4 Å². The molecule has 1 fully saturated rings. The molecule has 2 nitrogen and oxygen atoms in total. The summed E-state index contributed by atoms with van der Waals surface area (Å²) in [5, 5.41) is 3.55. The van der Waals surface area contributed by atoms with Gasteiger partial charge in [-0.25, -0.2) is 0 Å². The number of hydrogen-bond acceptors (Lipinski definition) is 2. The van der Waals surface area contributed by atoms with Gasteiger partial charge in [0.05, 0.1) is 0 Å². The van der Waals surface area contributed by atoms with Crippen LogP contribution in [0.5, 0.6) is 0 Å². The Morgan fingerprint density at radius 1 is 1.31 bits per heavy atom. The van der Waals surface area contributed by atoms with Crippen molar-refractivity contribution < 1.29 is 0 Å². The first-order chi connectivity index (χ1) is 7.37. The fourth-order valence-corrected chi connectivity index (χ4v) is 2.63. The molecular formula is C14H30N2.